The van der Waals surface area contributed by atoms with E-state index in [2.05, 4.69) is 52.6 Å². The first-order valence-electron chi connectivity index (χ1n) is 11.7. The third-order valence-electron chi connectivity index (χ3n) is 6.20. The number of benzene rings is 2. The maximum atomic E-state index is 6.11. The van der Waals surface area contributed by atoms with Crippen LogP contribution in [0.1, 0.15) is 25.3 Å². The van der Waals surface area contributed by atoms with Crippen molar-refractivity contribution in [3.63, 3.8) is 0 Å². The second kappa shape index (κ2) is 8.69. The first-order chi connectivity index (χ1) is 17.2. The molecule has 0 atom stereocenters. The molecule has 0 N–H and O–H groups in total. The van der Waals surface area contributed by atoms with E-state index in [-0.39, 0.29) is 0 Å². The Balaban J connectivity index is 1.44. The fourth-order valence-electron chi connectivity index (χ4n) is 4.42. The van der Waals surface area contributed by atoms with Gasteiger partial charge in [0.2, 0.25) is 5.88 Å². The molecule has 5 heteroatoms. The molecule has 6 rings (SSSR count). The molecule has 0 aliphatic rings. The highest BCUT2D eigenvalue weighted by Crippen LogP contribution is 2.34. The predicted molar refractivity (Wildman–Crippen MR) is 140 cm³/mol. The summed E-state index contributed by atoms with van der Waals surface area (Å²) >= 11 is 0. The number of aromatic nitrogens is 4. The van der Waals surface area contributed by atoms with Crippen LogP contribution in [0.4, 0.5) is 0 Å². The van der Waals surface area contributed by atoms with E-state index in [1.807, 2.05) is 73.1 Å². The zero-order valence-corrected chi connectivity index (χ0v) is 19.6. The Morgan fingerprint density at radius 1 is 0.714 bits per heavy atom. The molecule has 2 aromatic carbocycles. The van der Waals surface area contributed by atoms with Crippen molar-refractivity contribution in [2.24, 2.45) is 0 Å². The zero-order valence-electron chi connectivity index (χ0n) is 19.6. The molecule has 6 aromatic rings. The molecule has 0 fully saturated rings. The maximum absolute atomic E-state index is 6.11. The predicted octanol–water partition coefficient (Wildman–Crippen LogP) is 7.55. The van der Waals surface area contributed by atoms with Gasteiger partial charge in [-0.1, -0.05) is 50.2 Å². The molecule has 35 heavy (non-hydrogen) atoms. The lowest BCUT2D eigenvalue weighted by Gasteiger charge is -2.10. The minimum absolute atomic E-state index is 0.412. The first-order valence-corrected chi connectivity index (χ1v) is 11.7. The van der Waals surface area contributed by atoms with E-state index < -0.39 is 0 Å². The fourth-order valence-corrected chi connectivity index (χ4v) is 4.42. The Labute approximate surface area is 203 Å². The molecule has 0 spiro atoms. The number of hydrogen-bond donors (Lipinski definition) is 0. The minimum atomic E-state index is 0.412. The third-order valence-corrected chi connectivity index (χ3v) is 6.20. The van der Waals surface area contributed by atoms with E-state index in [1.54, 1.807) is 6.20 Å². The molecule has 4 heterocycles. The van der Waals surface area contributed by atoms with Crippen LogP contribution < -0.4 is 4.74 Å². The number of fused-ring (bicyclic) bond motifs is 3. The Kier molecular flexibility index (Phi) is 5.23. The summed E-state index contributed by atoms with van der Waals surface area (Å²) in [7, 11) is 0. The smallest absolute Gasteiger partial charge is 0.219 e. The molecule has 170 valence electrons. The number of rotatable bonds is 5. The Morgan fingerprint density at radius 2 is 1.60 bits per heavy atom. The lowest BCUT2D eigenvalue weighted by molar-refractivity contribution is 0.462. The standard InChI is InChI=1S/C30H24N4O/c1-20(2)21-13-15-32-29(18-21)35-24-9-7-8-22(16-24)23-17-27-30(33-19-23)25-10-3-4-11-26(25)34(27)28-12-5-6-14-31-28/h3-20H,1-2H3. The van der Waals surface area contributed by atoms with Gasteiger partial charge in [0.25, 0.3) is 0 Å². The topological polar surface area (TPSA) is 52.8 Å². The lowest BCUT2D eigenvalue weighted by Crippen LogP contribution is -1.96. The van der Waals surface area contributed by atoms with E-state index in [0.717, 1.165) is 44.6 Å². The molecule has 0 unspecified atom stereocenters. The highest BCUT2D eigenvalue weighted by atomic mass is 16.5. The lowest BCUT2D eigenvalue weighted by atomic mass is 10.1. The van der Waals surface area contributed by atoms with Crippen molar-refractivity contribution in [3.8, 4) is 28.6 Å². The maximum Gasteiger partial charge on any atom is 0.219 e. The van der Waals surface area contributed by atoms with E-state index in [1.165, 1.54) is 5.56 Å². The third kappa shape index (κ3) is 3.91. The molecule has 0 amide bonds. The summed E-state index contributed by atoms with van der Waals surface area (Å²) in [6.07, 6.45) is 5.54. The summed E-state index contributed by atoms with van der Waals surface area (Å²) in [4.78, 5) is 13.9. The minimum Gasteiger partial charge on any atom is -0.439 e. The summed E-state index contributed by atoms with van der Waals surface area (Å²) in [5.74, 6) is 2.61. The Bertz CT molecular complexity index is 1650. The van der Waals surface area contributed by atoms with Gasteiger partial charge in [0, 0.05) is 35.6 Å². The summed E-state index contributed by atoms with van der Waals surface area (Å²) in [5.41, 5.74) is 6.28. The van der Waals surface area contributed by atoms with E-state index >= 15 is 0 Å². The van der Waals surface area contributed by atoms with Gasteiger partial charge in [0.05, 0.1) is 16.6 Å². The largest absolute Gasteiger partial charge is 0.439 e. The molecule has 0 aliphatic carbocycles. The van der Waals surface area contributed by atoms with Crippen LogP contribution in [0, 0.1) is 0 Å². The normalized spacial score (nSPS) is 11.4. The molecule has 0 saturated heterocycles. The van der Waals surface area contributed by atoms with Gasteiger partial charge >= 0.3 is 0 Å². The first kappa shape index (κ1) is 21.1. The summed E-state index contributed by atoms with van der Waals surface area (Å²) in [6, 6.07) is 28.5. The van der Waals surface area contributed by atoms with Crippen molar-refractivity contribution in [2.45, 2.75) is 19.8 Å². The van der Waals surface area contributed by atoms with Crippen LogP contribution in [0.2, 0.25) is 0 Å². The summed E-state index contributed by atoms with van der Waals surface area (Å²) < 4.78 is 8.28. The highest BCUT2D eigenvalue weighted by Gasteiger charge is 2.15. The average Bonchev–Trinajstić information content (AvgIpc) is 3.23. The molecule has 4 aromatic heterocycles. The highest BCUT2D eigenvalue weighted by molar-refractivity contribution is 6.07. The quantitative estimate of drug-likeness (QED) is 0.269. The van der Waals surface area contributed by atoms with Gasteiger partial charge in [-0.3, -0.25) is 9.55 Å². The van der Waals surface area contributed by atoms with Gasteiger partial charge in [-0.25, -0.2) is 9.97 Å². The molecular weight excluding hydrogens is 432 g/mol. The van der Waals surface area contributed by atoms with E-state index in [4.69, 9.17) is 9.72 Å². The van der Waals surface area contributed by atoms with Crippen molar-refractivity contribution in [1.82, 2.24) is 19.5 Å². The number of para-hydroxylation sites is 1. The van der Waals surface area contributed by atoms with Gasteiger partial charge in [0.15, 0.2) is 0 Å². The molecular formula is C30H24N4O. The van der Waals surface area contributed by atoms with Crippen LogP contribution in [0.3, 0.4) is 0 Å². The monoisotopic (exact) mass is 456 g/mol. The van der Waals surface area contributed by atoms with E-state index in [0.29, 0.717) is 11.8 Å². The van der Waals surface area contributed by atoms with Crippen LogP contribution in [0.25, 0.3) is 38.9 Å². The average molecular weight is 457 g/mol. The molecule has 0 saturated carbocycles. The van der Waals surface area contributed by atoms with Crippen molar-refractivity contribution in [3.05, 3.63) is 109 Å². The summed E-state index contributed by atoms with van der Waals surface area (Å²) in [6.45, 7) is 4.32. The zero-order chi connectivity index (χ0) is 23.8. The van der Waals surface area contributed by atoms with Crippen LogP contribution in [-0.4, -0.2) is 19.5 Å². The van der Waals surface area contributed by atoms with Crippen LogP contribution in [0.5, 0.6) is 11.6 Å². The van der Waals surface area contributed by atoms with Gasteiger partial charge < -0.3 is 4.74 Å². The van der Waals surface area contributed by atoms with Gasteiger partial charge in [-0.2, -0.15) is 0 Å². The molecule has 0 aliphatic heterocycles. The molecule has 5 nitrogen and oxygen atoms in total. The van der Waals surface area contributed by atoms with Crippen LogP contribution in [-0.2, 0) is 0 Å². The van der Waals surface area contributed by atoms with Crippen LogP contribution in [0.15, 0.2) is 104 Å². The SMILES string of the molecule is CC(C)c1ccnc(Oc2cccc(-c3cnc4c5ccccc5n(-c5ccccn5)c4c3)c2)c1. The van der Waals surface area contributed by atoms with Gasteiger partial charge in [0.1, 0.15) is 11.6 Å². The van der Waals surface area contributed by atoms with Crippen molar-refractivity contribution < 1.29 is 4.74 Å². The number of pyridine rings is 3. The van der Waals surface area contributed by atoms with Crippen molar-refractivity contribution >= 4 is 21.9 Å². The second-order valence-electron chi connectivity index (χ2n) is 8.84. The Hall–Kier alpha value is -4.51. The number of hydrogen-bond acceptors (Lipinski definition) is 4. The number of ether oxygens (including phenoxy) is 1. The van der Waals surface area contributed by atoms with Crippen molar-refractivity contribution in [1.29, 1.82) is 0 Å². The van der Waals surface area contributed by atoms with Crippen molar-refractivity contribution in [2.75, 3.05) is 0 Å². The number of nitrogens with zero attached hydrogens (tertiary/aromatic N) is 4. The second-order valence-corrected chi connectivity index (χ2v) is 8.84. The van der Waals surface area contributed by atoms with E-state index in [9.17, 15) is 0 Å². The van der Waals surface area contributed by atoms with Gasteiger partial charge in [-0.05, 0) is 59.5 Å². The Morgan fingerprint density at radius 3 is 2.46 bits per heavy atom. The molecule has 0 radical (unpaired) electrons. The fraction of sp³-hybridized carbons (Fsp3) is 0.100. The summed E-state index contributed by atoms with van der Waals surface area (Å²) in [5, 5.41) is 1.10. The van der Waals surface area contributed by atoms with Gasteiger partial charge in [-0.15, -0.1) is 0 Å². The molecule has 0 bridgehead atoms. The van der Waals surface area contributed by atoms with Crippen LogP contribution >= 0.6 is 0 Å².